The van der Waals surface area contributed by atoms with E-state index in [4.69, 9.17) is 16.7 Å². The first-order valence-electron chi connectivity index (χ1n) is 6.96. The van der Waals surface area contributed by atoms with Gasteiger partial charge in [0.2, 0.25) is 0 Å². The van der Waals surface area contributed by atoms with Crippen molar-refractivity contribution < 1.29 is 14.7 Å². The molecule has 6 heteroatoms. The smallest absolute Gasteiger partial charge is 0.317 e. The predicted octanol–water partition coefficient (Wildman–Crippen LogP) is 1.88. The maximum absolute atomic E-state index is 12.5. The van der Waals surface area contributed by atoms with Crippen LogP contribution < -0.4 is 0 Å². The standard InChI is InChI=1S/C15H19ClN2O3/c1-11-7-12(9-13(16)8-11)15(21)18-4-2-3-17(5-6-18)10-14(19)20/h7-9H,2-6,10H2,1H3,(H,19,20). The zero-order chi connectivity index (χ0) is 15.4. The number of carbonyl (C=O) groups is 2. The second kappa shape index (κ2) is 6.91. The highest BCUT2D eigenvalue weighted by Gasteiger charge is 2.21. The van der Waals surface area contributed by atoms with Gasteiger partial charge in [-0.25, -0.2) is 0 Å². The highest BCUT2D eigenvalue weighted by Crippen LogP contribution is 2.17. The van der Waals surface area contributed by atoms with Crippen LogP contribution >= 0.6 is 11.6 Å². The largest absolute Gasteiger partial charge is 0.480 e. The highest BCUT2D eigenvalue weighted by molar-refractivity contribution is 6.31. The fraction of sp³-hybridized carbons (Fsp3) is 0.467. The lowest BCUT2D eigenvalue weighted by molar-refractivity contribution is -0.138. The molecular weight excluding hydrogens is 292 g/mol. The highest BCUT2D eigenvalue weighted by atomic mass is 35.5. The maximum Gasteiger partial charge on any atom is 0.317 e. The predicted molar refractivity (Wildman–Crippen MR) is 80.8 cm³/mol. The van der Waals surface area contributed by atoms with Gasteiger partial charge in [-0.3, -0.25) is 14.5 Å². The summed E-state index contributed by atoms with van der Waals surface area (Å²) in [4.78, 5) is 26.9. The summed E-state index contributed by atoms with van der Waals surface area (Å²) in [6.07, 6.45) is 0.776. The lowest BCUT2D eigenvalue weighted by atomic mass is 10.1. The van der Waals surface area contributed by atoms with Crippen LogP contribution in [0.25, 0.3) is 0 Å². The fourth-order valence-corrected chi connectivity index (χ4v) is 2.86. The number of halogens is 1. The van der Waals surface area contributed by atoms with Crippen LogP contribution in [0, 0.1) is 6.92 Å². The van der Waals surface area contributed by atoms with Gasteiger partial charge < -0.3 is 10.0 Å². The van der Waals surface area contributed by atoms with Gasteiger partial charge in [-0.1, -0.05) is 11.6 Å². The molecule has 2 rings (SSSR count). The SMILES string of the molecule is Cc1cc(Cl)cc(C(=O)N2CCCN(CC(=O)O)CC2)c1. The number of benzene rings is 1. The number of nitrogens with zero attached hydrogens (tertiary/aromatic N) is 2. The van der Waals surface area contributed by atoms with Crippen LogP contribution in [0.4, 0.5) is 0 Å². The Morgan fingerprint density at radius 1 is 1.19 bits per heavy atom. The molecule has 1 aromatic carbocycles. The molecule has 1 saturated heterocycles. The number of hydrogen-bond donors (Lipinski definition) is 1. The van der Waals surface area contributed by atoms with Gasteiger partial charge in [-0.2, -0.15) is 0 Å². The first-order chi connectivity index (χ1) is 9.95. The van der Waals surface area contributed by atoms with Gasteiger partial charge in [0.25, 0.3) is 5.91 Å². The van der Waals surface area contributed by atoms with Gasteiger partial charge in [0.15, 0.2) is 0 Å². The van der Waals surface area contributed by atoms with Crippen LogP contribution in [0.1, 0.15) is 22.3 Å². The normalized spacial score (nSPS) is 16.6. The Labute approximate surface area is 129 Å². The summed E-state index contributed by atoms with van der Waals surface area (Å²) in [5.74, 6) is -0.877. The molecule has 0 saturated carbocycles. The van der Waals surface area contributed by atoms with Gasteiger partial charge in [-0.15, -0.1) is 0 Å². The van der Waals surface area contributed by atoms with Crippen molar-refractivity contribution in [2.24, 2.45) is 0 Å². The Kier molecular flexibility index (Phi) is 5.20. The molecule has 0 spiro atoms. The van der Waals surface area contributed by atoms with E-state index >= 15 is 0 Å². The van der Waals surface area contributed by atoms with Crippen LogP contribution in [-0.4, -0.2) is 59.5 Å². The number of carboxylic acid groups (broad SMARTS) is 1. The molecule has 0 radical (unpaired) electrons. The molecule has 114 valence electrons. The van der Waals surface area contributed by atoms with Crippen molar-refractivity contribution in [3.63, 3.8) is 0 Å². The first-order valence-corrected chi connectivity index (χ1v) is 7.34. The van der Waals surface area contributed by atoms with E-state index in [-0.39, 0.29) is 12.5 Å². The zero-order valence-corrected chi connectivity index (χ0v) is 12.8. The van der Waals surface area contributed by atoms with Crippen molar-refractivity contribution in [1.82, 2.24) is 9.80 Å². The molecule has 5 nitrogen and oxygen atoms in total. The molecule has 0 bridgehead atoms. The van der Waals surface area contributed by atoms with Crippen LogP contribution in [-0.2, 0) is 4.79 Å². The lowest BCUT2D eigenvalue weighted by Crippen LogP contribution is -2.36. The van der Waals surface area contributed by atoms with E-state index in [0.717, 1.165) is 12.0 Å². The molecule has 0 aromatic heterocycles. The third kappa shape index (κ3) is 4.44. The molecule has 0 atom stereocenters. The van der Waals surface area contributed by atoms with Crippen molar-refractivity contribution in [2.75, 3.05) is 32.7 Å². The molecule has 1 aliphatic rings. The Bertz CT molecular complexity index is 527. The second-order valence-corrected chi connectivity index (χ2v) is 5.77. The summed E-state index contributed by atoms with van der Waals surface area (Å²) in [6.45, 7) is 4.39. The quantitative estimate of drug-likeness (QED) is 0.926. The van der Waals surface area contributed by atoms with Gasteiger partial charge in [0.1, 0.15) is 0 Å². The zero-order valence-electron chi connectivity index (χ0n) is 12.0. The van der Waals surface area contributed by atoms with Gasteiger partial charge in [0, 0.05) is 36.8 Å². The van der Waals surface area contributed by atoms with E-state index in [1.807, 2.05) is 24.0 Å². The Balaban J connectivity index is 2.04. The lowest BCUT2D eigenvalue weighted by Gasteiger charge is -2.21. The monoisotopic (exact) mass is 310 g/mol. The maximum atomic E-state index is 12.5. The second-order valence-electron chi connectivity index (χ2n) is 5.33. The minimum Gasteiger partial charge on any atom is -0.480 e. The molecule has 0 aliphatic carbocycles. The molecule has 1 amide bonds. The number of rotatable bonds is 3. The summed E-state index contributed by atoms with van der Waals surface area (Å²) in [6, 6.07) is 5.32. The van der Waals surface area contributed by atoms with Crippen LogP contribution in [0.3, 0.4) is 0 Å². The average Bonchev–Trinajstić information content (AvgIpc) is 2.61. The van der Waals surface area contributed by atoms with Crippen molar-refractivity contribution >= 4 is 23.5 Å². The van der Waals surface area contributed by atoms with E-state index < -0.39 is 5.97 Å². The Morgan fingerprint density at radius 2 is 1.95 bits per heavy atom. The first kappa shape index (κ1) is 15.8. The number of carbonyl (C=O) groups excluding carboxylic acids is 1. The Morgan fingerprint density at radius 3 is 2.62 bits per heavy atom. The molecule has 1 aliphatic heterocycles. The molecule has 21 heavy (non-hydrogen) atoms. The third-order valence-corrected chi connectivity index (χ3v) is 3.74. The average molecular weight is 311 g/mol. The summed E-state index contributed by atoms with van der Waals surface area (Å²) in [5.41, 5.74) is 1.54. The van der Waals surface area contributed by atoms with Crippen molar-refractivity contribution in [1.29, 1.82) is 0 Å². The van der Waals surface area contributed by atoms with Crippen molar-refractivity contribution in [2.45, 2.75) is 13.3 Å². The number of aryl methyl sites for hydroxylation is 1. The van der Waals surface area contributed by atoms with Crippen LogP contribution in [0.5, 0.6) is 0 Å². The molecule has 1 aromatic rings. The molecular formula is C15H19ClN2O3. The topological polar surface area (TPSA) is 60.9 Å². The fourth-order valence-electron chi connectivity index (χ4n) is 2.57. The molecule has 1 heterocycles. The van der Waals surface area contributed by atoms with E-state index in [2.05, 4.69) is 0 Å². The summed E-state index contributed by atoms with van der Waals surface area (Å²) in [5, 5.41) is 9.39. The summed E-state index contributed by atoms with van der Waals surface area (Å²) < 4.78 is 0. The van der Waals surface area contributed by atoms with Gasteiger partial charge >= 0.3 is 5.97 Å². The number of aliphatic carboxylic acids is 1. The third-order valence-electron chi connectivity index (χ3n) is 3.52. The van der Waals surface area contributed by atoms with E-state index in [1.54, 1.807) is 11.0 Å². The van der Waals surface area contributed by atoms with E-state index in [9.17, 15) is 9.59 Å². The van der Waals surface area contributed by atoms with Gasteiger partial charge in [0.05, 0.1) is 6.54 Å². The molecule has 1 N–H and O–H groups in total. The summed E-state index contributed by atoms with van der Waals surface area (Å²) in [7, 11) is 0. The molecule has 0 unspecified atom stereocenters. The minimum atomic E-state index is -0.833. The van der Waals surface area contributed by atoms with E-state index in [1.165, 1.54) is 0 Å². The number of amides is 1. The summed E-state index contributed by atoms with van der Waals surface area (Å²) >= 11 is 6.00. The Hall–Kier alpha value is -1.59. The number of hydrogen-bond acceptors (Lipinski definition) is 3. The van der Waals surface area contributed by atoms with Gasteiger partial charge in [-0.05, 0) is 37.1 Å². The van der Waals surface area contributed by atoms with Crippen LogP contribution in [0.15, 0.2) is 18.2 Å². The number of carboxylic acids is 1. The van der Waals surface area contributed by atoms with Crippen molar-refractivity contribution in [3.05, 3.63) is 34.3 Å². The van der Waals surface area contributed by atoms with Crippen molar-refractivity contribution in [3.8, 4) is 0 Å². The van der Waals surface area contributed by atoms with Crippen LogP contribution in [0.2, 0.25) is 5.02 Å². The minimum absolute atomic E-state index is 0.0261. The molecule has 1 fully saturated rings. The van der Waals surface area contributed by atoms with E-state index in [0.29, 0.717) is 36.8 Å².